The number of benzene rings is 2. The summed E-state index contributed by atoms with van der Waals surface area (Å²) in [6.07, 6.45) is 0. The van der Waals surface area contributed by atoms with Crippen LogP contribution in [0.1, 0.15) is 15.9 Å². The fourth-order valence-corrected chi connectivity index (χ4v) is 4.72. The fraction of sp³-hybridized carbons (Fsp3) is 0.333. The van der Waals surface area contributed by atoms with Crippen molar-refractivity contribution in [1.29, 1.82) is 0 Å². The van der Waals surface area contributed by atoms with Crippen LogP contribution >= 0.6 is 22.9 Å². The number of thiazole rings is 1. The average Bonchev–Trinajstić information content (AvgIpc) is 3.14. The second-order valence-corrected chi connectivity index (χ2v) is 8.38. The number of carbonyl (C=O) groups excluding carboxylic acids is 1. The van der Waals surface area contributed by atoms with Crippen LogP contribution in [-0.4, -0.2) is 50.3 Å². The normalized spacial score (nSPS) is 15.1. The monoisotopic (exact) mass is 416 g/mol. The van der Waals surface area contributed by atoms with Crippen molar-refractivity contribution in [3.8, 4) is 0 Å². The molecule has 0 bridgehead atoms. The van der Waals surface area contributed by atoms with E-state index in [1.807, 2.05) is 31.2 Å². The van der Waals surface area contributed by atoms with Crippen LogP contribution in [0.15, 0.2) is 42.5 Å². The van der Waals surface area contributed by atoms with Crippen molar-refractivity contribution >= 4 is 44.2 Å². The van der Waals surface area contributed by atoms with E-state index in [0.717, 1.165) is 53.8 Å². The van der Waals surface area contributed by atoms with Crippen molar-refractivity contribution in [2.24, 2.45) is 0 Å². The van der Waals surface area contributed by atoms with Crippen LogP contribution in [0.4, 0.5) is 5.13 Å². The predicted octanol–water partition coefficient (Wildman–Crippen LogP) is 2.82. The summed E-state index contributed by atoms with van der Waals surface area (Å²) in [6, 6.07) is 13.3. The minimum Gasteiger partial charge on any atom is -0.370 e. The van der Waals surface area contributed by atoms with Crippen LogP contribution in [0.2, 0.25) is 5.02 Å². The minimum atomic E-state index is -0.102. The Kier molecular flexibility index (Phi) is 5.92. The van der Waals surface area contributed by atoms with Gasteiger partial charge >= 0.3 is 0 Å². The first-order valence-electron chi connectivity index (χ1n) is 9.47. The minimum absolute atomic E-state index is 0.102. The maximum Gasteiger partial charge on any atom is 0.261 e. The van der Waals surface area contributed by atoms with Gasteiger partial charge in [-0.2, -0.15) is 0 Å². The van der Waals surface area contributed by atoms with Gasteiger partial charge in [-0.15, -0.1) is 0 Å². The Morgan fingerprint density at radius 3 is 2.75 bits per heavy atom. The summed E-state index contributed by atoms with van der Waals surface area (Å²) in [5, 5.41) is 1.19. The van der Waals surface area contributed by atoms with Crippen molar-refractivity contribution < 1.29 is 14.4 Å². The van der Waals surface area contributed by atoms with Gasteiger partial charge in [-0.1, -0.05) is 47.2 Å². The molecule has 2 aromatic carbocycles. The summed E-state index contributed by atoms with van der Waals surface area (Å²) in [4.78, 5) is 21.4. The number of fused-ring (bicyclic) bond motifs is 1. The molecule has 1 aliphatic heterocycles. The Bertz CT molecular complexity index is 985. The van der Waals surface area contributed by atoms with E-state index in [1.54, 1.807) is 28.4 Å². The molecule has 1 amide bonds. The number of ether oxygens (including phenoxy) is 1. The first-order chi connectivity index (χ1) is 13.6. The van der Waals surface area contributed by atoms with E-state index in [2.05, 4.69) is 6.07 Å². The standard InChI is InChI=1S/C21H22ClN3O2S/c1-15-5-4-8-18-19(15)23-21(28-18)25(10-9-24-11-13-27-14-12-24)20(26)16-6-2-3-7-17(16)22/h2-8H,9-14H2,1H3/p+1. The van der Waals surface area contributed by atoms with Gasteiger partial charge in [0.05, 0.1) is 47.1 Å². The van der Waals surface area contributed by atoms with Gasteiger partial charge in [0.1, 0.15) is 13.1 Å². The van der Waals surface area contributed by atoms with Gasteiger partial charge in [-0.25, -0.2) is 4.98 Å². The van der Waals surface area contributed by atoms with E-state index < -0.39 is 0 Å². The van der Waals surface area contributed by atoms with Crippen LogP contribution in [0, 0.1) is 6.92 Å². The number of para-hydroxylation sites is 1. The van der Waals surface area contributed by atoms with Crippen LogP contribution < -0.4 is 9.80 Å². The van der Waals surface area contributed by atoms with Gasteiger partial charge in [0.25, 0.3) is 5.91 Å². The smallest absolute Gasteiger partial charge is 0.261 e. The van der Waals surface area contributed by atoms with Crippen molar-refractivity contribution in [3.05, 3.63) is 58.6 Å². The molecule has 0 aliphatic carbocycles. The Labute approximate surface area is 173 Å². The van der Waals surface area contributed by atoms with Crippen molar-refractivity contribution in [1.82, 2.24) is 4.98 Å². The number of amides is 1. The number of rotatable bonds is 5. The number of carbonyl (C=O) groups is 1. The molecule has 2 heterocycles. The third-order valence-corrected chi connectivity index (χ3v) is 6.45. The molecule has 0 saturated carbocycles. The maximum absolute atomic E-state index is 13.4. The molecule has 1 aromatic heterocycles. The molecule has 0 spiro atoms. The zero-order valence-corrected chi connectivity index (χ0v) is 17.4. The number of morpholine rings is 1. The van der Waals surface area contributed by atoms with Gasteiger partial charge in [0.15, 0.2) is 5.13 Å². The number of hydrogen-bond acceptors (Lipinski definition) is 4. The number of nitrogens with zero attached hydrogens (tertiary/aromatic N) is 2. The maximum atomic E-state index is 13.4. The van der Waals surface area contributed by atoms with Crippen LogP contribution in [0.3, 0.4) is 0 Å². The van der Waals surface area contributed by atoms with E-state index in [1.165, 1.54) is 4.90 Å². The fourth-order valence-electron chi connectivity index (χ4n) is 3.43. The molecule has 28 heavy (non-hydrogen) atoms. The van der Waals surface area contributed by atoms with E-state index >= 15 is 0 Å². The van der Waals surface area contributed by atoms with Gasteiger partial charge in [-0.05, 0) is 30.7 Å². The summed E-state index contributed by atoms with van der Waals surface area (Å²) >= 11 is 7.87. The number of halogens is 1. The molecule has 0 atom stereocenters. The average molecular weight is 417 g/mol. The van der Waals surface area contributed by atoms with E-state index in [4.69, 9.17) is 21.3 Å². The van der Waals surface area contributed by atoms with Gasteiger partial charge < -0.3 is 9.64 Å². The van der Waals surface area contributed by atoms with Gasteiger partial charge in [0.2, 0.25) is 0 Å². The zero-order valence-electron chi connectivity index (χ0n) is 15.8. The SMILES string of the molecule is Cc1cccc2sc(N(CC[NH+]3CCOCC3)C(=O)c3ccccc3Cl)nc12. The lowest BCUT2D eigenvalue weighted by molar-refractivity contribution is -0.906. The Hall–Kier alpha value is -1.99. The van der Waals surface area contributed by atoms with Crippen LogP contribution in [0.25, 0.3) is 10.2 Å². The summed E-state index contributed by atoms with van der Waals surface area (Å²) in [5.74, 6) is -0.102. The molecule has 146 valence electrons. The molecule has 1 aliphatic rings. The molecule has 1 saturated heterocycles. The number of quaternary nitrogens is 1. The number of aromatic nitrogens is 1. The highest BCUT2D eigenvalue weighted by molar-refractivity contribution is 7.22. The lowest BCUT2D eigenvalue weighted by Crippen LogP contribution is -3.14. The lowest BCUT2D eigenvalue weighted by Gasteiger charge is -2.27. The van der Waals surface area contributed by atoms with Crippen molar-refractivity contribution in [2.75, 3.05) is 44.3 Å². The summed E-state index contributed by atoms with van der Waals surface area (Å²) < 4.78 is 6.54. The first kappa shape index (κ1) is 19.3. The summed E-state index contributed by atoms with van der Waals surface area (Å²) in [6.45, 7) is 6.97. The summed E-state index contributed by atoms with van der Waals surface area (Å²) in [7, 11) is 0. The molecule has 3 aromatic rings. The second-order valence-electron chi connectivity index (χ2n) is 6.97. The van der Waals surface area contributed by atoms with Gasteiger partial charge in [0, 0.05) is 0 Å². The third-order valence-electron chi connectivity index (χ3n) is 5.08. The Morgan fingerprint density at radius 2 is 2.00 bits per heavy atom. The van der Waals surface area contributed by atoms with Crippen LogP contribution in [0.5, 0.6) is 0 Å². The topological polar surface area (TPSA) is 46.9 Å². The zero-order chi connectivity index (χ0) is 19.5. The second kappa shape index (κ2) is 8.57. The largest absolute Gasteiger partial charge is 0.370 e. The van der Waals surface area contributed by atoms with Crippen LogP contribution in [-0.2, 0) is 4.74 Å². The quantitative estimate of drug-likeness (QED) is 0.695. The molecule has 0 radical (unpaired) electrons. The highest BCUT2D eigenvalue weighted by atomic mass is 35.5. The van der Waals surface area contributed by atoms with Crippen molar-refractivity contribution in [3.63, 3.8) is 0 Å². The highest BCUT2D eigenvalue weighted by Crippen LogP contribution is 2.31. The van der Waals surface area contributed by atoms with E-state index in [0.29, 0.717) is 17.1 Å². The lowest BCUT2D eigenvalue weighted by atomic mass is 10.2. The van der Waals surface area contributed by atoms with E-state index in [-0.39, 0.29) is 5.91 Å². The molecule has 1 fully saturated rings. The molecule has 4 rings (SSSR count). The summed E-state index contributed by atoms with van der Waals surface area (Å²) in [5.41, 5.74) is 2.58. The number of nitrogens with one attached hydrogen (secondary N) is 1. The number of anilines is 1. The molecule has 1 N–H and O–H groups in total. The Morgan fingerprint density at radius 1 is 1.21 bits per heavy atom. The number of hydrogen-bond donors (Lipinski definition) is 1. The van der Waals surface area contributed by atoms with Gasteiger partial charge in [-0.3, -0.25) is 9.69 Å². The first-order valence-corrected chi connectivity index (χ1v) is 10.7. The van der Waals surface area contributed by atoms with Crippen molar-refractivity contribution in [2.45, 2.75) is 6.92 Å². The molecular weight excluding hydrogens is 394 g/mol. The molecule has 0 unspecified atom stereocenters. The Balaban J connectivity index is 1.66. The predicted molar refractivity (Wildman–Crippen MR) is 114 cm³/mol. The number of aryl methyl sites for hydroxylation is 1. The molecule has 5 nitrogen and oxygen atoms in total. The third kappa shape index (κ3) is 4.05. The molecule has 7 heteroatoms. The molecular formula is C21H23ClN3O2S+. The van der Waals surface area contributed by atoms with E-state index in [9.17, 15) is 4.79 Å². The highest BCUT2D eigenvalue weighted by Gasteiger charge is 2.25.